The predicted octanol–water partition coefficient (Wildman–Crippen LogP) is 0.280. The summed E-state index contributed by atoms with van der Waals surface area (Å²) in [6.07, 6.45) is 16.5. The van der Waals surface area contributed by atoms with Gasteiger partial charge in [0, 0.05) is 0 Å². The third-order valence-electron chi connectivity index (χ3n) is 2.81. The van der Waals surface area contributed by atoms with Crippen molar-refractivity contribution in [3.05, 3.63) is 44.2 Å². The minimum atomic E-state index is -0.972. The summed E-state index contributed by atoms with van der Waals surface area (Å²) in [4.78, 5) is 0. The first-order valence-corrected chi connectivity index (χ1v) is 12.5. The van der Waals surface area contributed by atoms with E-state index >= 15 is 0 Å². The van der Waals surface area contributed by atoms with Crippen molar-refractivity contribution < 1.29 is 29.5 Å². The van der Waals surface area contributed by atoms with Gasteiger partial charge in [0.2, 0.25) is 0 Å². The fourth-order valence-corrected chi connectivity index (χ4v) is 15.0. The third-order valence-corrected chi connectivity index (χ3v) is 15.8. The molecule has 0 radical (unpaired) electrons. The van der Waals surface area contributed by atoms with E-state index in [4.69, 9.17) is 0 Å². The molecular formula is C12H17ClSiTi. The fourth-order valence-electron chi connectivity index (χ4n) is 2.24. The molecular weight excluding hydrogens is 256 g/mol. The van der Waals surface area contributed by atoms with Gasteiger partial charge in [-0.25, -0.2) is 0 Å². The van der Waals surface area contributed by atoms with E-state index in [1.54, 1.807) is 0 Å². The van der Waals surface area contributed by atoms with Gasteiger partial charge in [0.05, 0.1) is 0 Å². The Labute approximate surface area is 106 Å². The molecule has 0 nitrogen and oxygen atoms in total. The number of hydrogen-bond donors (Lipinski definition) is 0. The van der Waals surface area contributed by atoms with Crippen molar-refractivity contribution in [2.24, 2.45) is 0 Å². The molecule has 0 N–H and O–H groups in total. The third kappa shape index (κ3) is 3.07. The second-order valence-corrected chi connectivity index (χ2v) is 17.6. The summed E-state index contributed by atoms with van der Waals surface area (Å²) in [5, 5.41) is 0. The van der Waals surface area contributed by atoms with Crippen LogP contribution < -0.4 is 12.4 Å². The van der Waals surface area contributed by atoms with Crippen molar-refractivity contribution in [2.75, 3.05) is 0 Å². The van der Waals surface area contributed by atoms with E-state index in [9.17, 15) is 0 Å². The Morgan fingerprint density at radius 1 is 1.00 bits per heavy atom. The van der Waals surface area contributed by atoms with Crippen molar-refractivity contribution in [2.45, 2.75) is 25.9 Å². The molecule has 3 heteroatoms. The Bertz CT molecular complexity index is 310. The van der Waals surface area contributed by atoms with Crippen LogP contribution in [-0.4, -0.2) is 6.66 Å². The Morgan fingerprint density at radius 3 is 1.73 bits per heavy atom. The van der Waals surface area contributed by atoms with E-state index in [1.165, 1.54) is 12.8 Å². The zero-order valence-corrected chi connectivity index (χ0v) is 12.8. The van der Waals surface area contributed by atoms with Gasteiger partial charge in [0.1, 0.15) is 0 Å². The average Bonchev–Trinajstić information content (AvgIpc) is 2.75. The Hall–Kier alpha value is 0.181. The van der Waals surface area contributed by atoms with Crippen LogP contribution >= 0.6 is 0 Å². The van der Waals surface area contributed by atoms with Gasteiger partial charge in [-0.3, -0.25) is 0 Å². The maximum atomic E-state index is 2.54. The monoisotopic (exact) mass is 272 g/mol. The predicted molar refractivity (Wildman–Crippen MR) is 62.6 cm³/mol. The largest absolute Gasteiger partial charge is 1.00 e. The van der Waals surface area contributed by atoms with Crippen LogP contribution in [0.25, 0.3) is 0 Å². The van der Waals surface area contributed by atoms with Crippen molar-refractivity contribution in [3.63, 3.8) is 0 Å². The zero-order chi connectivity index (χ0) is 9.97. The van der Waals surface area contributed by atoms with Gasteiger partial charge in [-0.15, -0.1) is 0 Å². The number of rotatable bonds is 3. The standard InChI is InChI=1S/2C5H5.C2H7Si.ClH.Ti/c2*1-2-4-5-3-1;1-3-2;;/h2*1-3H,4H2;3H,1-2H3;1H;/q;;;;+1/p-1. The molecule has 0 unspecified atom stereocenters. The molecule has 2 aliphatic carbocycles. The van der Waals surface area contributed by atoms with Crippen LogP contribution in [0.2, 0.25) is 13.1 Å². The molecule has 0 bridgehead atoms. The molecule has 0 aromatic rings. The van der Waals surface area contributed by atoms with Gasteiger partial charge in [0.15, 0.2) is 0 Å². The number of hydrogen-bond acceptors (Lipinski definition) is 0. The van der Waals surface area contributed by atoms with E-state index in [0.717, 1.165) is 0 Å². The zero-order valence-electron chi connectivity index (χ0n) is 9.33. The fraction of sp³-hybridized carbons (Fsp3) is 0.333. The van der Waals surface area contributed by atoms with Crippen molar-refractivity contribution >= 4 is 6.66 Å². The Balaban J connectivity index is 0.00000112. The van der Waals surface area contributed by atoms with E-state index < -0.39 is 23.8 Å². The summed E-state index contributed by atoms with van der Waals surface area (Å²) in [5.74, 6) is 0. The normalized spacial score (nSPS) is 17.8. The maximum absolute atomic E-state index is 2.54. The average molecular weight is 273 g/mol. The van der Waals surface area contributed by atoms with Crippen molar-refractivity contribution in [1.82, 2.24) is 0 Å². The summed E-state index contributed by atoms with van der Waals surface area (Å²) < 4.78 is 3.64. The van der Waals surface area contributed by atoms with E-state index in [1.807, 2.05) is 7.76 Å². The van der Waals surface area contributed by atoms with Gasteiger partial charge < -0.3 is 12.4 Å². The number of allylic oxidation sites excluding steroid dienone is 8. The first-order chi connectivity index (χ1) is 6.79. The van der Waals surface area contributed by atoms with Crippen LogP contribution in [0.5, 0.6) is 0 Å². The molecule has 80 valence electrons. The molecule has 0 spiro atoms. The molecule has 2 aliphatic rings. The SMILES string of the molecule is C[SiH](C)[Ti+]([C]1=CC=CC1)[C]1=CC=CC1.[Cl-]. The number of halogens is 1. The Morgan fingerprint density at radius 2 is 1.47 bits per heavy atom. The van der Waals surface area contributed by atoms with Crippen LogP contribution in [0.4, 0.5) is 0 Å². The molecule has 0 aliphatic heterocycles. The summed E-state index contributed by atoms with van der Waals surface area (Å²) in [7, 11) is 0. The molecule has 0 amide bonds. The van der Waals surface area contributed by atoms with E-state index in [0.29, 0.717) is 0 Å². The van der Waals surface area contributed by atoms with E-state index in [-0.39, 0.29) is 12.4 Å². The molecule has 0 atom stereocenters. The van der Waals surface area contributed by atoms with Gasteiger partial charge >= 0.3 is 93.9 Å². The molecule has 0 aromatic carbocycles. The molecule has 0 aromatic heterocycles. The van der Waals surface area contributed by atoms with Gasteiger partial charge in [-0.05, 0) is 0 Å². The van der Waals surface area contributed by atoms with Gasteiger partial charge in [-0.1, -0.05) is 0 Å². The second kappa shape index (κ2) is 6.05. The van der Waals surface area contributed by atoms with E-state index in [2.05, 4.69) is 49.6 Å². The van der Waals surface area contributed by atoms with Crippen LogP contribution in [0.1, 0.15) is 12.8 Å². The van der Waals surface area contributed by atoms with Gasteiger partial charge in [-0.2, -0.15) is 0 Å². The smallest absolute Gasteiger partial charge is 1.00 e. The second-order valence-electron chi connectivity index (χ2n) is 4.22. The summed E-state index contributed by atoms with van der Waals surface area (Å²) >= 11 is -0.972. The topological polar surface area (TPSA) is 0 Å². The van der Waals surface area contributed by atoms with Crippen LogP contribution in [0.3, 0.4) is 0 Å². The summed E-state index contributed by atoms with van der Waals surface area (Å²) in [6, 6.07) is 0. The Kier molecular flexibility index (Phi) is 5.34. The molecule has 0 heterocycles. The molecule has 0 saturated carbocycles. The minimum absolute atomic E-state index is 0. The summed E-state index contributed by atoms with van der Waals surface area (Å²) in [6.45, 7) is 4.63. The maximum Gasteiger partial charge on any atom is -1.00 e. The van der Waals surface area contributed by atoms with Crippen LogP contribution in [0.15, 0.2) is 44.2 Å². The molecule has 15 heavy (non-hydrogen) atoms. The van der Waals surface area contributed by atoms with Gasteiger partial charge in [0.25, 0.3) is 0 Å². The first kappa shape index (κ1) is 13.2. The molecule has 0 fully saturated rings. The van der Waals surface area contributed by atoms with Crippen LogP contribution in [0, 0.1) is 0 Å². The quantitative estimate of drug-likeness (QED) is 0.648. The van der Waals surface area contributed by atoms with Crippen molar-refractivity contribution in [1.29, 1.82) is 0 Å². The summed E-state index contributed by atoms with van der Waals surface area (Å²) in [5.41, 5.74) is 0. The minimum Gasteiger partial charge on any atom is -1.00 e. The van der Waals surface area contributed by atoms with Crippen molar-refractivity contribution in [3.8, 4) is 0 Å². The molecule has 0 saturated heterocycles. The first-order valence-electron chi connectivity index (χ1n) is 5.38. The van der Waals surface area contributed by atoms with Crippen LogP contribution in [-0.2, 0) is 17.1 Å². The molecule has 2 rings (SSSR count).